The molecule has 1 aliphatic rings. The summed E-state index contributed by atoms with van der Waals surface area (Å²) >= 11 is 0. The van der Waals surface area contributed by atoms with E-state index in [1.807, 2.05) is 12.1 Å². The van der Waals surface area contributed by atoms with Crippen molar-refractivity contribution < 1.29 is 4.42 Å². The number of hydrogen-bond donors (Lipinski definition) is 1. The van der Waals surface area contributed by atoms with Crippen LogP contribution in [0.1, 0.15) is 11.7 Å². The fourth-order valence-electron chi connectivity index (χ4n) is 1.62. The summed E-state index contributed by atoms with van der Waals surface area (Å²) in [5, 5.41) is 12.0. The zero-order valence-corrected chi connectivity index (χ0v) is 6.66. The van der Waals surface area contributed by atoms with Gasteiger partial charge >= 0.3 is 0 Å². The van der Waals surface area contributed by atoms with Crippen LogP contribution in [0.5, 0.6) is 0 Å². The van der Waals surface area contributed by atoms with E-state index in [1.165, 1.54) is 0 Å². The molecule has 0 unspecified atom stereocenters. The van der Waals surface area contributed by atoms with Crippen LogP contribution in [0.15, 0.2) is 22.8 Å². The third kappa shape index (κ3) is 1.10. The van der Waals surface area contributed by atoms with Crippen molar-refractivity contribution in [3.8, 4) is 6.07 Å². The molecule has 1 aromatic heterocycles. The molecule has 0 spiro atoms. The van der Waals surface area contributed by atoms with E-state index in [2.05, 4.69) is 11.4 Å². The molecule has 0 radical (unpaired) electrons. The molecule has 1 N–H and O–H groups in total. The molecule has 1 aromatic rings. The topological polar surface area (TPSA) is 49.0 Å². The number of nitriles is 1. The molecular formula is C9H10N2O. The maximum absolute atomic E-state index is 8.80. The molecule has 3 heteroatoms. The smallest absolute Gasteiger partial charge is 0.109 e. The van der Waals surface area contributed by atoms with Gasteiger partial charge in [-0.3, -0.25) is 0 Å². The first-order valence-corrected chi connectivity index (χ1v) is 4.05. The van der Waals surface area contributed by atoms with Crippen molar-refractivity contribution in [2.45, 2.75) is 5.92 Å². The van der Waals surface area contributed by atoms with E-state index in [4.69, 9.17) is 9.68 Å². The van der Waals surface area contributed by atoms with E-state index >= 15 is 0 Å². The molecule has 1 fully saturated rings. The molecule has 2 heterocycles. The molecular weight excluding hydrogens is 152 g/mol. The van der Waals surface area contributed by atoms with Crippen molar-refractivity contribution in [2.75, 3.05) is 13.1 Å². The second-order valence-electron chi connectivity index (χ2n) is 3.02. The number of nitrogens with zero attached hydrogens (tertiary/aromatic N) is 1. The summed E-state index contributed by atoms with van der Waals surface area (Å²) in [5.41, 5.74) is 0. The SMILES string of the molecule is N#C[C@H]1CNC[C@H]1c1ccco1. The summed E-state index contributed by atoms with van der Waals surface area (Å²) in [6.45, 7) is 1.63. The van der Waals surface area contributed by atoms with Gasteiger partial charge in [-0.05, 0) is 12.1 Å². The molecule has 0 saturated carbocycles. The van der Waals surface area contributed by atoms with Gasteiger partial charge in [-0.15, -0.1) is 0 Å². The first kappa shape index (κ1) is 7.38. The highest BCUT2D eigenvalue weighted by atomic mass is 16.3. The minimum Gasteiger partial charge on any atom is -0.469 e. The Balaban J connectivity index is 2.20. The van der Waals surface area contributed by atoms with Gasteiger partial charge in [-0.2, -0.15) is 5.26 Å². The maximum Gasteiger partial charge on any atom is 0.109 e. The Morgan fingerprint density at radius 2 is 2.50 bits per heavy atom. The minimum atomic E-state index is 0.0659. The molecule has 1 saturated heterocycles. The predicted molar refractivity (Wildman–Crippen MR) is 43.4 cm³/mol. The average molecular weight is 162 g/mol. The molecule has 0 bridgehead atoms. The second kappa shape index (κ2) is 3.00. The lowest BCUT2D eigenvalue weighted by Gasteiger charge is -2.07. The number of nitrogens with one attached hydrogen (secondary N) is 1. The molecule has 0 aliphatic carbocycles. The minimum absolute atomic E-state index is 0.0659. The highest BCUT2D eigenvalue weighted by molar-refractivity contribution is 5.14. The Labute approximate surface area is 71.0 Å². The van der Waals surface area contributed by atoms with Crippen LogP contribution in [-0.4, -0.2) is 13.1 Å². The van der Waals surface area contributed by atoms with Crippen molar-refractivity contribution in [3.63, 3.8) is 0 Å². The van der Waals surface area contributed by atoms with Crippen molar-refractivity contribution in [1.82, 2.24) is 5.32 Å². The monoisotopic (exact) mass is 162 g/mol. The van der Waals surface area contributed by atoms with Gasteiger partial charge in [-0.25, -0.2) is 0 Å². The van der Waals surface area contributed by atoms with Gasteiger partial charge in [0.2, 0.25) is 0 Å². The predicted octanol–water partition coefficient (Wildman–Crippen LogP) is 1.11. The van der Waals surface area contributed by atoms with E-state index < -0.39 is 0 Å². The Kier molecular flexibility index (Phi) is 1.84. The molecule has 2 atom stereocenters. The van der Waals surface area contributed by atoms with Gasteiger partial charge in [0, 0.05) is 19.0 Å². The van der Waals surface area contributed by atoms with E-state index in [0.717, 1.165) is 18.8 Å². The molecule has 0 aromatic carbocycles. The summed E-state index contributed by atoms with van der Waals surface area (Å²) < 4.78 is 5.26. The van der Waals surface area contributed by atoms with Crippen LogP contribution in [0.25, 0.3) is 0 Å². The van der Waals surface area contributed by atoms with Crippen LogP contribution in [-0.2, 0) is 0 Å². The lowest BCUT2D eigenvalue weighted by Crippen LogP contribution is -2.07. The molecule has 3 nitrogen and oxygen atoms in total. The van der Waals surface area contributed by atoms with Crippen molar-refractivity contribution in [2.24, 2.45) is 5.92 Å². The first-order chi connectivity index (χ1) is 5.92. The molecule has 12 heavy (non-hydrogen) atoms. The van der Waals surface area contributed by atoms with E-state index in [9.17, 15) is 0 Å². The van der Waals surface area contributed by atoms with Crippen LogP contribution in [0.2, 0.25) is 0 Å². The van der Waals surface area contributed by atoms with Crippen LogP contribution in [0.4, 0.5) is 0 Å². The van der Waals surface area contributed by atoms with Crippen molar-refractivity contribution in [1.29, 1.82) is 5.26 Å². The summed E-state index contributed by atoms with van der Waals surface area (Å²) in [7, 11) is 0. The van der Waals surface area contributed by atoms with Gasteiger partial charge < -0.3 is 9.73 Å². The average Bonchev–Trinajstić information content (AvgIpc) is 2.74. The first-order valence-electron chi connectivity index (χ1n) is 4.05. The Morgan fingerprint density at radius 1 is 1.58 bits per heavy atom. The molecule has 0 amide bonds. The largest absolute Gasteiger partial charge is 0.469 e. The van der Waals surface area contributed by atoms with Gasteiger partial charge in [0.1, 0.15) is 5.76 Å². The van der Waals surface area contributed by atoms with Gasteiger partial charge in [0.25, 0.3) is 0 Å². The highest BCUT2D eigenvalue weighted by Gasteiger charge is 2.29. The molecule has 1 aliphatic heterocycles. The maximum atomic E-state index is 8.80. The fourth-order valence-corrected chi connectivity index (χ4v) is 1.62. The second-order valence-corrected chi connectivity index (χ2v) is 3.02. The van der Waals surface area contributed by atoms with Crippen LogP contribution >= 0.6 is 0 Å². The fraction of sp³-hybridized carbons (Fsp3) is 0.444. The zero-order chi connectivity index (χ0) is 8.39. The molecule has 2 rings (SSSR count). The summed E-state index contributed by atoms with van der Waals surface area (Å²) in [6, 6.07) is 6.08. The van der Waals surface area contributed by atoms with Crippen LogP contribution in [0.3, 0.4) is 0 Å². The molecule has 62 valence electrons. The summed E-state index contributed by atoms with van der Waals surface area (Å²) in [6.07, 6.45) is 1.65. The zero-order valence-electron chi connectivity index (χ0n) is 6.66. The normalized spacial score (nSPS) is 28.6. The quantitative estimate of drug-likeness (QED) is 0.672. The number of furan rings is 1. The van der Waals surface area contributed by atoms with E-state index in [0.29, 0.717) is 0 Å². The van der Waals surface area contributed by atoms with Crippen molar-refractivity contribution in [3.05, 3.63) is 24.2 Å². The third-order valence-electron chi connectivity index (χ3n) is 2.29. The lowest BCUT2D eigenvalue weighted by atomic mass is 9.95. The lowest BCUT2D eigenvalue weighted by molar-refractivity contribution is 0.451. The van der Waals surface area contributed by atoms with Crippen LogP contribution < -0.4 is 5.32 Å². The van der Waals surface area contributed by atoms with Gasteiger partial charge in [0.15, 0.2) is 0 Å². The van der Waals surface area contributed by atoms with Gasteiger partial charge in [-0.1, -0.05) is 0 Å². The number of rotatable bonds is 1. The van der Waals surface area contributed by atoms with E-state index in [-0.39, 0.29) is 11.8 Å². The third-order valence-corrected chi connectivity index (χ3v) is 2.29. The van der Waals surface area contributed by atoms with E-state index in [1.54, 1.807) is 6.26 Å². The summed E-state index contributed by atoms with van der Waals surface area (Å²) in [5.74, 6) is 1.23. The van der Waals surface area contributed by atoms with Crippen LogP contribution in [0, 0.1) is 17.2 Å². The Morgan fingerprint density at radius 3 is 3.17 bits per heavy atom. The summed E-state index contributed by atoms with van der Waals surface area (Å²) in [4.78, 5) is 0. The standard InChI is InChI=1S/C9H10N2O/c10-4-7-5-11-6-8(7)9-2-1-3-12-9/h1-3,7-8,11H,5-6H2/t7-,8+/m0/s1. The Hall–Kier alpha value is -1.27. The highest BCUT2D eigenvalue weighted by Crippen LogP contribution is 2.27. The Bertz CT molecular complexity index is 286. The number of hydrogen-bond acceptors (Lipinski definition) is 3. The van der Waals surface area contributed by atoms with Crippen molar-refractivity contribution >= 4 is 0 Å². The van der Waals surface area contributed by atoms with Gasteiger partial charge in [0.05, 0.1) is 18.3 Å².